The maximum atomic E-state index is 13.2. The van der Waals surface area contributed by atoms with Gasteiger partial charge in [0.2, 0.25) is 5.95 Å². The third-order valence-corrected chi connectivity index (χ3v) is 4.81. The van der Waals surface area contributed by atoms with E-state index in [1.807, 2.05) is 36.4 Å². The van der Waals surface area contributed by atoms with Crippen LogP contribution in [0.1, 0.15) is 24.1 Å². The number of esters is 1. The van der Waals surface area contributed by atoms with Crippen molar-refractivity contribution in [1.29, 1.82) is 0 Å². The summed E-state index contributed by atoms with van der Waals surface area (Å²) in [5.74, 6) is 1.11. The molecule has 9 heteroatoms. The van der Waals surface area contributed by atoms with E-state index in [9.17, 15) is 4.79 Å². The molecule has 1 atom stereocenters. The molecule has 1 aliphatic rings. The Hall–Kier alpha value is -3.88. The van der Waals surface area contributed by atoms with Crippen LogP contribution in [0.4, 0.5) is 5.95 Å². The second-order valence-electron chi connectivity index (χ2n) is 6.46. The number of carbonyl (C=O) groups excluding carboxylic acids is 1. The summed E-state index contributed by atoms with van der Waals surface area (Å²) in [7, 11) is 3.15. The Labute approximate surface area is 173 Å². The smallest absolute Gasteiger partial charge is 0.338 e. The van der Waals surface area contributed by atoms with Crippen molar-refractivity contribution in [2.45, 2.75) is 13.0 Å². The van der Waals surface area contributed by atoms with E-state index >= 15 is 0 Å². The van der Waals surface area contributed by atoms with Gasteiger partial charge in [0, 0.05) is 5.56 Å². The molecule has 154 valence electrons. The number of benzene rings is 2. The predicted octanol–water partition coefficient (Wildman–Crippen LogP) is 2.68. The molecule has 1 aliphatic heterocycles. The molecule has 1 N–H and O–H groups in total. The van der Waals surface area contributed by atoms with Crippen LogP contribution in [0.2, 0.25) is 0 Å². The van der Waals surface area contributed by atoms with E-state index in [2.05, 4.69) is 20.8 Å². The number of carbonyl (C=O) groups is 1. The lowest BCUT2D eigenvalue weighted by Crippen LogP contribution is -2.30. The molecule has 3 aromatic rings. The number of hydrogen-bond donors (Lipinski definition) is 1. The van der Waals surface area contributed by atoms with Gasteiger partial charge in [-0.05, 0) is 41.1 Å². The van der Waals surface area contributed by atoms with Crippen molar-refractivity contribution in [3.8, 4) is 11.5 Å². The van der Waals surface area contributed by atoms with Crippen LogP contribution in [0.25, 0.3) is 5.70 Å². The summed E-state index contributed by atoms with van der Waals surface area (Å²) in [6.45, 7) is 2.00. The highest BCUT2D eigenvalue weighted by Gasteiger charge is 2.38. The highest BCUT2D eigenvalue weighted by atomic mass is 16.5. The maximum Gasteiger partial charge on any atom is 0.338 e. The third kappa shape index (κ3) is 3.34. The van der Waals surface area contributed by atoms with Crippen molar-refractivity contribution in [2.24, 2.45) is 0 Å². The number of tetrazole rings is 1. The van der Waals surface area contributed by atoms with Crippen molar-refractivity contribution in [1.82, 2.24) is 20.2 Å². The van der Waals surface area contributed by atoms with Crippen molar-refractivity contribution < 1.29 is 19.0 Å². The van der Waals surface area contributed by atoms with Crippen molar-refractivity contribution in [3.63, 3.8) is 0 Å². The molecule has 1 aromatic heterocycles. The number of aromatic nitrogens is 4. The molecule has 0 amide bonds. The van der Waals surface area contributed by atoms with Gasteiger partial charge in [-0.1, -0.05) is 35.4 Å². The fourth-order valence-electron chi connectivity index (χ4n) is 3.48. The van der Waals surface area contributed by atoms with Gasteiger partial charge in [0.05, 0.1) is 32.1 Å². The summed E-state index contributed by atoms with van der Waals surface area (Å²) >= 11 is 0. The highest BCUT2D eigenvalue weighted by molar-refractivity contribution is 6.02. The van der Waals surface area contributed by atoms with Crippen LogP contribution in [-0.4, -0.2) is 47.0 Å². The minimum atomic E-state index is -0.685. The van der Waals surface area contributed by atoms with Crippen molar-refractivity contribution >= 4 is 17.6 Å². The lowest BCUT2D eigenvalue weighted by atomic mass is 9.92. The molecule has 0 spiro atoms. The van der Waals surface area contributed by atoms with E-state index in [0.717, 1.165) is 5.56 Å². The third-order valence-electron chi connectivity index (χ3n) is 4.81. The molecule has 4 rings (SSSR count). The van der Waals surface area contributed by atoms with Crippen LogP contribution in [0.5, 0.6) is 11.5 Å². The Bertz CT molecular complexity index is 1090. The van der Waals surface area contributed by atoms with Gasteiger partial charge in [-0.15, -0.1) is 0 Å². The number of fused-ring (bicyclic) bond motifs is 1. The van der Waals surface area contributed by atoms with Crippen LogP contribution >= 0.6 is 0 Å². The molecule has 9 nitrogen and oxygen atoms in total. The van der Waals surface area contributed by atoms with Crippen LogP contribution in [0.15, 0.2) is 54.1 Å². The first-order chi connectivity index (χ1) is 14.7. The summed E-state index contributed by atoms with van der Waals surface area (Å²) in [5.41, 5.74) is 2.42. The summed E-state index contributed by atoms with van der Waals surface area (Å²) in [5, 5.41) is 15.2. The summed E-state index contributed by atoms with van der Waals surface area (Å²) in [6, 6.07) is 14.2. The molecule has 2 aromatic carbocycles. The molecule has 0 bridgehead atoms. The molecule has 0 saturated heterocycles. The van der Waals surface area contributed by atoms with Crippen LogP contribution < -0.4 is 14.8 Å². The quantitative estimate of drug-likeness (QED) is 0.623. The number of ether oxygens (including phenoxy) is 3. The van der Waals surface area contributed by atoms with E-state index in [4.69, 9.17) is 14.2 Å². The monoisotopic (exact) mass is 407 g/mol. The lowest BCUT2D eigenvalue weighted by Gasteiger charge is -2.29. The number of nitrogens with one attached hydrogen (secondary N) is 1. The zero-order chi connectivity index (χ0) is 21.1. The number of anilines is 1. The van der Waals surface area contributed by atoms with E-state index < -0.39 is 12.0 Å². The summed E-state index contributed by atoms with van der Waals surface area (Å²) < 4.78 is 17.9. The maximum absolute atomic E-state index is 13.2. The standard InChI is InChI=1S/C21H21N5O4/c1-4-30-20(27)17-18(13-8-6-5-7-9-13)22-21-23-24-25-26(21)19(17)15-12-14(28-2)10-11-16(15)29-3/h5-12,19H,4H2,1-3H3,(H,22,23,25)/t19-/m1/s1. The zero-order valence-corrected chi connectivity index (χ0v) is 16.8. The zero-order valence-electron chi connectivity index (χ0n) is 16.8. The van der Waals surface area contributed by atoms with Crippen LogP contribution in [-0.2, 0) is 9.53 Å². The Morgan fingerprint density at radius 3 is 2.63 bits per heavy atom. The first-order valence-electron chi connectivity index (χ1n) is 9.41. The molecule has 0 unspecified atom stereocenters. The molecule has 30 heavy (non-hydrogen) atoms. The largest absolute Gasteiger partial charge is 0.497 e. The van der Waals surface area contributed by atoms with Gasteiger partial charge in [-0.3, -0.25) is 0 Å². The SMILES string of the molecule is CCOC(=O)C1=C(c2ccccc2)Nc2nnnn2[C@@H]1c1cc(OC)ccc1OC. The van der Waals surface area contributed by atoms with Crippen molar-refractivity contribution in [3.05, 3.63) is 65.2 Å². The average Bonchev–Trinajstić information content (AvgIpc) is 3.26. The first kappa shape index (κ1) is 19.4. The minimum absolute atomic E-state index is 0.231. The number of hydrogen-bond acceptors (Lipinski definition) is 8. The average molecular weight is 407 g/mol. The highest BCUT2D eigenvalue weighted by Crippen LogP contribution is 2.42. The number of rotatable bonds is 6. The molecule has 0 fully saturated rings. The van der Waals surface area contributed by atoms with E-state index in [1.165, 1.54) is 4.68 Å². The Balaban J connectivity index is 2.01. The summed E-state index contributed by atoms with van der Waals surface area (Å²) in [4.78, 5) is 13.2. The van der Waals surface area contributed by atoms with E-state index in [1.54, 1.807) is 33.3 Å². The van der Waals surface area contributed by atoms with Crippen LogP contribution in [0, 0.1) is 0 Å². The van der Waals surface area contributed by atoms with Gasteiger partial charge in [0.25, 0.3) is 0 Å². The first-order valence-corrected chi connectivity index (χ1v) is 9.41. The molecular weight excluding hydrogens is 386 g/mol. The second-order valence-corrected chi connectivity index (χ2v) is 6.46. The number of nitrogens with zero attached hydrogens (tertiary/aromatic N) is 4. The molecule has 0 aliphatic carbocycles. The second kappa shape index (κ2) is 8.24. The Morgan fingerprint density at radius 2 is 1.93 bits per heavy atom. The van der Waals surface area contributed by atoms with Gasteiger partial charge in [0.1, 0.15) is 17.5 Å². The molecule has 2 heterocycles. The van der Waals surface area contributed by atoms with Gasteiger partial charge < -0.3 is 19.5 Å². The topological polar surface area (TPSA) is 100 Å². The summed E-state index contributed by atoms with van der Waals surface area (Å²) in [6.07, 6.45) is 0. The van der Waals surface area contributed by atoms with Gasteiger partial charge in [0.15, 0.2) is 0 Å². The fraction of sp³-hybridized carbons (Fsp3) is 0.238. The normalized spacial score (nSPS) is 15.2. The minimum Gasteiger partial charge on any atom is -0.497 e. The lowest BCUT2D eigenvalue weighted by molar-refractivity contribution is -0.138. The van der Waals surface area contributed by atoms with E-state index in [0.29, 0.717) is 34.3 Å². The molecular formula is C21H21N5O4. The fourth-order valence-corrected chi connectivity index (χ4v) is 3.48. The van der Waals surface area contributed by atoms with Crippen molar-refractivity contribution in [2.75, 3.05) is 26.1 Å². The number of methoxy groups -OCH3 is 2. The molecule has 0 radical (unpaired) electrons. The molecule has 0 saturated carbocycles. The van der Waals surface area contributed by atoms with Gasteiger partial charge >= 0.3 is 5.97 Å². The Morgan fingerprint density at radius 1 is 1.13 bits per heavy atom. The van der Waals surface area contributed by atoms with Gasteiger partial charge in [-0.2, -0.15) is 4.68 Å². The predicted molar refractivity (Wildman–Crippen MR) is 109 cm³/mol. The van der Waals surface area contributed by atoms with Crippen LogP contribution in [0.3, 0.4) is 0 Å². The van der Waals surface area contributed by atoms with Gasteiger partial charge in [-0.25, -0.2) is 4.79 Å². The van der Waals surface area contributed by atoms with E-state index in [-0.39, 0.29) is 6.61 Å². The Kier molecular flexibility index (Phi) is 5.34.